The fraction of sp³-hybridized carbons (Fsp3) is 1.00. The van der Waals surface area contributed by atoms with Crippen molar-refractivity contribution in [3.63, 3.8) is 0 Å². The summed E-state index contributed by atoms with van der Waals surface area (Å²) in [6.45, 7) is 2.17. The zero-order valence-corrected chi connectivity index (χ0v) is 6.84. The van der Waals surface area contributed by atoms with E-state index in [1.54, 1.807) is 0 Å². The van der Waals surface area contributed by atoms with E-state index < -0.39 is 0 Å². The molecular weight excluding hydrogens is 124 g/mol. The molecule has 1 nitrogen and oxygen atoms in total. The second kappa shape index (κ2) is 3.97. The summed E-state index contributed by atoms with van der Waals surface area (Å²) in [6, 6.07) is 0. The van der Waals surface area contributed by atoms with Crippen LogP contribution in [0.4, 0.5) is 0 Å². The van der Waals surface area contributed by atoms with Crippen molar-refractivity contribution in [3.05, 3.63) is 0 Å². The van der Waals surface area contributed by atoms with Crippen molar-refractivity contribution in [2.45, 2.75) is 51.6 Å². The highest BCUT2D eigenvalue weighted by molar-refractivity contribution is 4.76. The lowest BCUT2D eigenvalue weighted by Gasteiger charge is -2.07. The first kappa shape index (κ1) is 8.06. The Bertz CT molecular complexity index is 86.7. The van der Waals surface area contributed by atoms with Crippen molar-refractivity contribution < 1.29 is 5.11 Å². The van der Waals surface area contributed by atoms with Gasteiger partial charge in [-0.05, 0) is 18.8 Å². The minimum absolute atomic E-state index is 0.00690. The smallest absolute Gasteiger partial charge is 0.0542 e. The van der Waals surface area contributed by atoms with E-state index in [9.17, 15) is 5.11 Å². The number of aliphatic hydroxyl groups is 1. The molecule has 1 atom stereocenters. The molecule has 10 heavy (non-hydrogen) atoms. The molecule has 0 aromatic carbocycles. The van der Waals surface area contributed by atoms with Crippen LogP contribution in [0.5, 0.6) is 0 Å². The van der Waals surface area contributed by atoms with E-state index in [0.717, 1.165) is 18.8 Å². The summed E-state index contributed by atoms with van der Waals surface area (Å²) >= 11 is 0. The van der Waals surface area contributed by atoms with Crippen molar-refractivity contribution in [2.75, 3.05) is 0 Å². The molecule has 1 saturated carbocycles. The van der Waals surface area contributed by atoms with E-state index in [-0.39, 0.29) is 6.10 Å². The van der Waals surface area contributed by atoms with Gasteiger partial charge >= 0.3 is 0 Å². The fourth-order valence-electron chi connectivity index (χ4n) is 1.30. The van der Waals surface area contributed by atoms with Crippen molar-refractivity contribution in [3.8, 4) is 0 Å². The van der Waals surface area contributed by atoms with Crippen LogP contribution in [0.1, 0.15) is 45.4 Å². The summed E-state index contributed by atoms with van der Waals surface area (Å²) in [4.78, 5) is 0. The highest BCUT2D eigenvalue weighted by Crippen LogP contribution is 2.34. The Kier molecular flexibility index (Phi) is 3.20. The van der Waals surface area contributed by atoms with Crippen LogP contribution in [0.2, 0.25) is 0 Å². The minimum Gasteiger partial charge on any atom is -0.393 e. The van der Waals surface area contributed by atoms with Gasteiger partial charge < -0.3 is 5.11 Å². The number of rotatable bonds is 5. The quantitative estimate of drug-likeness (QED) is 0.624. The lowest BCUT2D eigenvalue weighted by atomic mass is 10.1. The van der Waals surface area contributed by atoms with E-state index in [1.165, 1.54) is 25.7 Å². The third-order valence-electron chi connectivity index (χ3n) is 2.19. The highest BCUT2D eigenvalue weighted by atomic mass is 16.3. The van der Waals surface area contributed by atoms with Crippen LogP contribution in [0.25, 0.3) is 0 Å². The lowest BCUT2D eigenvalue weighted by molar-refractivity contribution is 0.145. The van der Waals surface area contributed by atoms with Crippen molar-refractivity contribution in [2.24, 2.45) is 5.92 Å². The van der Waals surface area contributed by atoms with Crippen LogP contribution < -0.4 is 0 Å². The molecule has 0 aliphatic heterocycles. The van der Waals surface area contributed by atoms with Gasteiger partial charge in [-0.25, -0.2) is 0 Å². The molecule has 1 fully saturated rings. The second-order valence-electron chi connectivity index (χ2n) is 3.48. The molecule has 60 valence electrons. The first-order valence-corrected chi connectivity index (χ1v) is 4.51. The topological polar surface area (TPSA) is 20.2 Å². The maximum Gasteiger partial charge on any atom is 0.0542 e. The van der Waals surface area contributed by atoms with Crippen LogP contribution in [0.15, 0.2) is 0 Å². The molecule has 0 saturated heterocycles. The van der Waals surface area contributed by atoms with E-state index in [4.69, 9.17) is 0 Å². The highest BCUT2D eigenvalue weighted by Gasteiger charge is 2.23. The molecule has 0 heterocycles. The van der Waals surface area contributed by atoms with Crippen molar-refractivity contribution >= 4 is 0 Å². The Morgan fingerprint density at radius 3 is 2.70 bits per heavy atom. The maximum absolute atomic E-state index is 9.39. The molecule has 0 bridgehead atoms. The molecule has 1 heteroatoms. The standard InChI is InChI=1S/C9H18O/c1-2-3-4-9(10)7-8-5-6-8/h8-10H,2-7H2,1H3. The average Bonchev–Trinajstić information content (AvgIpc) is 2.67. The first-order chi connectivity index (χ1) is 4.83. The van der Waals surface area contributed by atoms with Crippen molar-refractivity contribution in [1.29, 1.82) is 0 Å². The van der Waals surface area contributed by atoms with Gasteiger partial charge in [0.1, 0.15) is 0 Å². The Morgan fingerprint density at radius 1 is 1.50 bits per heavy atom. The van der Waals surface area contributed by atoms with Crippen LogP contribution in [-0.4, -0.2) is 11.2 Å². The third-order valence-corrected chi connectivity index (χ3v) is 2.19. The van der Waals surface area contributed by atoms with E-state index >= 15 is 0 Å². The number of aliphatic hydroxyl groups excluding tert-OH is 1. The molecule has 0 radical (unpaired) electrons. The predicted octanol–water partition coefficient (Wildman–Crippen LogP) is 2.34. The van der Waals surface area contributed by atoms with E-state index in [1.807, 2.05) is 0 Å². The van der Waals surface area contributed by atoms with Gasteiger partial charge in [-0.3, -0.25) is 0 Å². The summed E-state index contributed by atoms with van der Waals surface area (Å²) in [7, 11) is 0. The van der Waals surface area contributed by atoms with Gasteiger partial charge in [0.25, 0.3) is 0 Å². The zero-order chi connectivity index (χ0) is 7.40. The van der Waals surface area contributed by atoms with E-state index in [0.29, 0.717) is 0 Å². The summed E-state index contributed by atoms with van der Waals surface area (Å²) in [5.74, 6) is 0.881. The van der Waals surface area contributed by atoms with Crippen molar-refractivity contribution in [1.82, 2.24) is 0 Å². The van der Waals surface area contributed by atoms with Gasteiger partial charge in [0.2, 0.25) is 0 Å². The first-order valence-electron chi connectivity index (χ1n) is 4.51. The minimum atomic E-state index is 0.00690. The van der Waals surface area contributed by atoms with Crippen LogP contribution in [0, 0.1) is 5.92 Å². The van der Waals surface area contributed by atoms with Gasteiger partial charge in [-0.1, -0.05) is 32.6 Å². The third kappa shape index (κ3) is 3.21. The van der Waals surface area contributed by atoms with Gasteiger partial charge in [0, 0.05) is 0 Å². The fourth-order valence-corrected chi connectivity index (χ4v) is 1.30. The zero-order valence-electron chi connectivity index (χ0n) is 6.84. The molecule has 1 rings (SSSR count). The molecule has 1 N–H and O–H groups in total. The van der Waals surface area contributed by atoms with Gasteiger partial charge in [0.15, 0.2) is 0 Å². The van der Waals surface area contributed by atoms with Crippen LogP contribution in [-0.2, 0) is 0 Å². The van der Waals surface area contributed by atoms with E-state index in [2.05, 4.69) is 6.92 Å². The molecule has 0 spiro atoms. The Balaban J connectivity index is 1.91. The van der Waals surface area contributed by atoms with Gasteiger partial charge in [-0.2, -0.15) is 0 Å². The summed E-state index contributed by atoms with van der Waals surface area (Å²) in [5.41, 5.74) is 0. The summed E-state index contributed by atoms with van der Waals surface area (Å²) in [6.07, 6.45) is 7.22. The number of hydrogen-bond acceptors (Lipinski definition) is 1. The SMILES string of the molecule is CCCCC(O)CC1CC1. The normalized spacial score (nSPS) is 21.0. The molecular formula is C9H18O. The Morgan fingerprint density at radius 2 is 2.20 bits per heavy atom. The number of unbranched alkanes of at least 4 members (excludes halogenated alkanes) is 1. The monoisotopic (exact) mass is 142 g/mol. The molecule has 0 amide bonds. The molecule has 1 unspecified atom stereocenters. The maximum atomic E-state index is 9.39. The largest absolute Gasteiger partial charge is 0.393 e. The lowest BCUT2D eigenvalue weighted by Crippen LogP contribution is -2.06. The Labute approximate surface area is 63.4 Å². The van der Waals surface area contributed by atoms with Gasteiger partial charge in [0.05, 0.1) is 6.10 Å². The molecule has 1 aliphatic carbocycles. The average molecular weight is 142 g/mol. The molecule has 0 aromatic rings. The van der Waals surface area contributed by atoms with Crippen LogP contribution in [0.3, 0.4) is 0 Å². The number of hydrogen-bond donors (Lipinski definition) is 1. The predicted molar refractivity (Wildman–Crippen MR) is 42.9 cm³/mol. The van der Waals surface area contributed by atoms with Gasteiger partial charge in [-0.15, -0.1) is 0 Å². The second-order valence-corrected chi connectivity index (χ2v) is 3.48. The summed E-state index contributed by atoms with van der Waals surface area (Å²) < 4.78 is 0. The van der Waals surface area contributed by atoms with Crippen LogP contribution >= 0.6 is 0 Å². The Hall–Kier alpha value is -0.0400. The molecule has 0 aromatic heterocycles. The summed E-state index contributed by atoms with van der Waals surface area (Å²) in [5, 5.41) is 9.39. The molecule has 1 aliphatic rings.